The standard InChI is InChI=1S/C19H16F5N3O2S/c1-3-9(2)27-15-14(16(28)26-18(27)30)12(19(22,23)24)8-13(25-15)10-4-6-11(7-5-10)29-17(20)21/h4-9,17H,3H2,1-2H3,(H,26,28,30). The van der Waals surface area contributed by atoms with Gasteiger partial charge in [-0.25, -0.2) is 4.98 Å². The second kappa shape index (κ2) is 8.13. The molecule has 0 radical (unpaired) electrons. The van der Waals surface area contributed by atoms with E-state index in [1.807, 2.05) is 6.92 Å². The number of halogens is 5. The Bertz CT molecular complexity index is 1190. The van der Waals surface area contributed by atoms with Gasteiger partial charge in [-0.05, 0) is 55.9 Å². The third-order valence-corrected chi connectivity index (χ3v) is 4.91. The highest BCUT2D eigenvalue weighted by atomic mass is 32.1. The predicted octanol–water partition coefficient (Wildman–Crippen LogP) is 5.71. The molecule has 3 aromatic rings. The highest BCUT2D eigenvalue weighted by Crippen LogP contribution is 2.36. The summed E-state index contributed by atoms with van der Waals surface area (Å²) in [7, 11) is 0. The molecule has 0 saturated heterocycles. The minimum absolute atomic E-state index is 0.0414. The van der Waals surface area contributed by atoms with Gasteiger partial charge in [-0.3, -0.25) is 14.3 Å². The van der Waals surface area contributed by atoms with Crippen LogP contribution in [0.3, 0.4) is 0 Å². The van der Waals surface area contributed by atoms with Gasteiger partial charge in [-0.1, -0.05) is 6.92 Å². The largest absolute Gasteiger partial charge is 0.435 e. The van der Waals surface area contributed by atoms with Gasteiger partial charge >= 0.3 is 12.8 Å². The smallest absolute Gasteiger partial charge is 0.417 e. The number of rotatable bonds is 5. The van der Waals surface area contributed by atoms with Crippen LogP contribution in [0.1, 0.15) is 31.9 Å². The number of ether oxygens (including phenoxy) is 1. The first-order valence-corrected chi connectivity index (χ1v) is 9.25. The van der Waals surface area contributed by atoms with Crippen LogP contribution in [0.4, 0.5) is 22.0 Å². The summed E-state index contributed by atoms with van der Waals surface area (Å²) in [6.07, 6.45) is -4.31. The van der Waals surface area contributed by atoms with Crippen LogP contribution in [-0.4, -0.2) is 21.1 Å². The van der Waals surface area contributed by atoms with Crippen molar-refractivity contribution < 1.29 is 26.7 Å². The highest BCUT2D eigenvalue weighted by molar-refractivity contribution is 7.71. The van der Waals surface area contributed by atoms with E-state index in [0.717, 1.165) is 6.07 Å². The number of H-pyrrole nitrogens is 1. The van der Waals surface area contributed by atoms with Crippen molar-refractivity contribution in [3.8, 4) is 17.0 Å². The van der Waals surface area contributed by atoms with Gasteiger partial charge in [-0.15, -0.1) is 0 Å². The van der Waals surface area contributed by atoms with E-state index >= 15 is 0 Å². The lowest BCUT2D eigenvalue weighted by molar-refractivity contribution is -0.136. The third kappa shape index (κ3) is 4.20. The molecule has 1 atom stereocenters. The topological polar surface area (TPSA) is 59.9 Å². The Morgan fingerprint density at radius 3 is 2.40 bits per heavy atom. The Hall–Kier alpha value is -2.82. The van der Waals surface area contributed by atoms with Gasteiger partial charge in [0.2, 0.25) is 0 Å². The van der Waals surface area contributed by atoms with Crippen molar-refractivity contribution in [2.45, 2.75) is 39.1 Å². The number of alkyl halides is 5. The summed E-state index contributed by atoms with van der Waals surface area (Å²) in [5.74, 6) is -0.149. The first kappa shape index (κ1) is 21.9. The van der Waals surface area contributed by atoms with Crippen molar-refractivity contribution in [1.82, 2.24) is 14.5 Å². The van der Waals surface area contributed by atoms with Gasteiger partial charge in [0.1, 0.15) is 11.4 Å². The number of nitrogens with one attached hydrogen (secondary N) is 1. The molecule has 2 aromatic heterocycles. The number of nitrogens with zero attached hydrogens (tertiary/aromatic N) is 2. The van der Waals surface area contributed by atoms with E-state index < -0.39 is 29.3 Å². The highest BCUT2D eigenvalue weighted by Gasteiger charge is 2.35. The Morgan fingerprint density at radius 2 is 1.87 bits per heavy atom. The minimum atomic E-state index is -4.84. The zero-order valence-electron chi connectivity index (χ0n) is 15.8. The molecule has 11 heteroatoms. The van der Waals surface area contributed by atoms with Crippen molar-refractivity contribution in [3.63, 3.8) is 0 Å². The molecule has 30 heavy (non-hydrogen) atoms. The molecule has 0 saturated carbocycles. The molecule has 1 aromatic carbocycles. The SMILES string of the molecule is CCC(C)n1c(=S)[nH]c(=O)c2c(C(F)(F)F)cc(-c3ccc(OC(F)F)cc3)nc21. The summed E-state index contributed by atoms with van der Waals surface area (Å²) in [5.41, 5.74) is -2.21. The van der Waals surface area contributed by atoms with Gasteiger partial charge in [0.05, 0.1) is 16.6 Å². The van der Waals surface area contributed by atoms with E-state index in [2.05, 4.69) is 14.7 Å². The lowest BCUT2D eigenvalue weighted by Gasteiger charge is -2.19. The quantitative estimate of drug-likeness (QED) is 0.404. The number of pyridine rings is 1. The van der Waals surface area contributed by atoms with Crippen LogP contribution in [-0.2, 0) is 6.18 Å². The molecule has 1 unspecified atom stereocenters. The van der Waals surface area contributed by atoms with Crippen LogP contribution in [0, 0.1) is 4.77 Å². The van der Waals surface area contributed by atoms with Gasteiger partial charge in [0.25, 0.3) is 5.56 Å². The number of aromatic amines is 1. The molecule has 5 nitrogen and oxygen atoms in total. The average molecular weight is 445 g/mol. The van der Waals surface area contributed by atoms with Crippen molar-refractivity contribution in [3.05, 3.63) is 51.0 Å². The van der Waals surface area contributed by atoms with E-state index in [-0.39, 0.29) is 33.5 Å². The van der Waals surface area contributed by atoms with Crippen molar-refractivity contribution in [2.24, 2.45) is 0 Å². The number of fused-ring (bicyclic) bond motifs is 1. The lowest BCUT2D eigenvalue weighted by Crippen LogP contribution is -2.22. The summed E-state index contributed by atoms with van der Waals surface area (Å²) >= 11 is 5.16. The second-order valence-corrected chi connectivity index (χ2v) is 6.93. The van der Waals surface area contributed by atoms with Gasteiger partial charge in [0, 0.05) is 11.6 Å². The van der Waals surface area contributed by atoms with Crippen LogP contribution < -0.4 is 10.3 Å². The molecule has 0 aliphatic carbocycles. The molecule has 2 heterocycles. The molecule has 0 aliphatic rings. The Morgan fingerprint density at radius 1 is 1.23 bits per heavy atom. The maximum absolute atomic E-state index is 13.8. The molecular weight excluding hydrogens is 429 g/mol. The normalized spacial score (nSPS) is 13.1. The molecule has 1 N–H and O–H groups in total. The summed E-state index contributed by atoms with van der Waals surface area (Å²) in [6, 6.07) is 5.43. The zero-order valence-corrected chi connectivity index (χ0v) is 16.6. The molecule has 0 spiro atoms. The molecule has 0 fully saturated rings. The van der Waals surface area contributed by atoms with Crippen LogP contribution in [0.25, 0.3) is 22.3 Å². The average Bonchev–Trinajstić information content (AvgIpc) is 2.66. The molecular formula is C19H16F5N3O2S. The van der Waals surface area contributed by atoms with Crippen LogP contribution in [0.5, 0.6) is 5.75 Å². The van der Waals surface area contributed by atoms with E-state index in [1.165, 1.54) is 28.8 Å². The molecule has 0 bridgehead atoms. The van der Waals surface area contributed by atoms with E-state index in [4.69, 9.17) is 12.2 Å². The summed E-state index contributed by atoms with van der Waals surface area (Å²) < 4.78 is 71.6. The monoisotopic (exact) mass is 445 g/mol. The van der Waals surface area contributed by atoms with E-state index in [1.54, 1.807) is 6.92 Å². The maximum atomic E-state index is 13.8. The van der Waals surface area contributed by atoms with E-state index in [9.17, 15) is 26.7 Å². The molecule has 3 rings (SSSR count). The Labute approximate surface area is 172 Å². The second-order valence-electron chi connectivity index (χ2n) is 6.54. The number of hydrogen-bond acceptors (Lipinski definition) is 4. The maximum Gasteiger partial charge on any atom is 0.417 e. The molecule has 0 amide bonds. The number of aromatic nitrogens is 3. The fourth-order valence-electron chi connectivity index (χ4n) is 3.02. The summed E-state index contributed by atoms with van der Waals surface area (Å²) in [6.45, 7) is 0.531. The van der Waals surface area contributed by atoms with Crippen molar-refractivity contribution in [2.75, 3.05) is 0 Å². The zero-order chi connectivity index (χ0) is 22.2. The number of hydrogen-bond donors (Lipinski definition) is 1. The van der Waals surface area contributed by atoms with Crippen molar-refractivity contribution in [1.29, 1.82) is 0 Å². The van der Waals surface area contributed by atoms with Gasteiger partial charge in [-0.2, -0.15) is 22.0 Å². The molecule has 0 aliphatic heterocycles. The minimum Gasteiger partial charge on any atom is -0.435 e. The van der Waals surface area contributed by atoms with Gasteiger partial charge < -0.3 is 4.74 Å². The summed E-state index contributed by atoms with van der Waals surface area (Å²) in [5, 5.41) is -0.613. The summed E-state index contributed by atoms with van der Waals surface area (Å²) in [4.78, 5) is 18.9. The third-order valence-electron chi connectivity index (χ3n) is 4.61. The molecule has 160 valence electrons. The number of benzene rings is 1. The Balaban J connectivity index is 2.34. The fourth-order valence-corrected chi connectivity index (χ4v) is 3.38. The Kier molecular flexibility index (Phi) is 5.93. The van der Waals surface area contributed by atoms with Crippen molar-refractivity contribution >= 4 is 23.3 Å². The van der Waals surface area contributed by atoms with Crippen LogP contribution in [0.2, 0.25) is 0 Å². The predicted molar refractivity (Wildman–Crippen MR) is 103 cm³/mol. The lowest BCUT2D eigenvalue weighted by atomic mass is 10.1. The van der Waals surface area contributed by atoms with Crippen LogP contribution in [0.15, 0.2) is 35.1 Å². The van der Waals surface area contributed by atoms with Gasteiger partial charge in [0.15, 0.2) is 4.77 Å². The fraction of sp³-hybridized carbons (Fsp3) is 0.316. The van der Waals surface area contributed by atoms with Crippen LogP contribution >= 0.6 is 12.2 Å². The van der Waals surface area contributed by atoms with E-state index in [0.29, 0.717) is 6.42 Å². The first-order valence-electron chi connectivity index (χ1n) is 8.85. The first-order chi connectivity index (χ1) is 14.0.